The molecule has 0 aromatic carbocycles. The third-order valence-corrected chi connectivity index (χ3v) is 6.01. The quantitative estimate of drug-likeness (QED) is 0.854. The Kier molecular flexibility index (Phi) is 5.93. The minimum absolute atomic E-state index is 0.0676. The highest BCUT2D eigenvalue weighted by Gasteiger charge is 2.37. The number of H-pyrrole nitrogens is 1. The molecule has 7 heteroatoms. The summed E-state index contributed by atoms with van der Waals surface area (Å²) in [6.07, 6.45) is 8.39. The van der Waals surface area contributed by atoms with E-state index in [4.69, 9.17) is 10.5 Å². The maximum absolute atomic E-state index is 11.9. The monoisotopic (exact) mass is 349 g/mol. The van der Waals surface area contributed by atoms with Gasteiger partial charge in [0.05, 0.1) is 18.8 Å². The van der Waals surface area contributed by atoms with Gasteiger partial charge in [-0.05, 0) is 50.4 Å². The van der Waals surface area contributed by atoms with E-state index >= 15 is 0 Å². The number of primary amides is 1. The molecule has 3 rings (SSSR count). The van der Waals surface area contributed by atoms with Crippen LogP contribution in [0.25, 0.3) is 0 Å². The van der Waals surface area contributed by atoms with Crippen LogP contribution in [0.5, 0.6) is 0 Å². The van der Waals surface area contributed by atoms with Crippen molar-refractivity contribution in [2.45, 2.75) is 70.4 Å². The molecule has 2 atom stereocenters. The molecule has 1 saturated carbocycles. The molecule has 140 valence electrons. The fourth-order valence-corrected chi connectivity index (χ4v) is 4.41. The summed E-state index contributed by atoms with van der Waals surface area (Å²) in [4.78, 5) is 17.9. The molecule has 2 heterocycles. The van der Waals surface area contributed by atoms with E-state index in [1.807, 2.05) is 0 Å². The van der Waals surface area contributed by atoms with Crippen LogP contribution < -0.4 is 5.73 Å². The summed E-state index contributed by atoms with van der Waals surface area (Å²) < 4.78 is 6.25. The van der Waals surface area contributed by atoms with Gasteiger partial charge in [-0.1, -0.05) is 13.8 Å². The lowest BCUT2D eigenvalue weighted by Crippen LogP contribution is -2.52. The van der Waals surface area contributed by atoms with E-state index in [1.165, 1.54) is 19.2 Å². The van der Waals surface area contributed by atoms with Crippen LogP contribution in [0, 0.1) is 11.8 Å². The van der Waals surface area contributed by atoms with Crippen molar-refractivity contribution in [2.75, 3.05) is 13.2 Å². The third-order valence-electron chi connectivity index (χ3n) is 6.01. The fourth-order valence-electron chi connectivity index (χ4n) is 4.41. The first kappa shape index (κ1) is 18.2. The molecule has 2 unspecified atom stereocenters. The van der Waals surface area contributed by atoms with Crippen molar-refractivity contribution in [3.05, 3.63) is 12.2 Å². The third kappa shape index (κ3) is 4.32. The van der Waals surface area contributed by atoms with Crippen LogP contribution in [-0.4, -0.2) is 51.4 Å². The summed E-state index contributed by atoms with van der Waals surface area (Å²) in [7, 11) is 0. The van der Waals surface area contributed by atoms with Crippen molar-refractivity contribution in [1.82, 2.24) is 20.1 Å². The zero-order chi connectivity index (χ0) is 17.8. The van der Waals surface area contributed by atoms with Crippen molar-refractivity contribution >= 4 is 6.03 Å². The standard InChI is InChI=1S/C18H31N5O2/c1-12(2)13-5-7-14(8-6-13)25-10-16-15(17-20-11-21-22-17)4-3-9-23(16)18(19)24/h11-16H,3-10H2,1-2H3,(H2,19,24)(H,20,21,22). The Morgan fingerprint density at radius 3 is 2.72 bits per heavy atom. The predicted molar refractivity (Wildman–Crippen MR) is 95.0 cm³/mol. The summed E-state index contributed by atoms with van der Waals surface area (Å²) in [5.74, 6) is 2.50. The lowest BCUT2D eigenvalue weighted by molar-refractivity contribution is -0.0234. The molecular weight excluding hydrogens is 318 g/mol. The number of hydrogen-bond acceptors (Lipinski definition) is 4. The van der Waals surface area contributed by atoms with Crippen LogP contribution in [0.4, 0.5) is 4.79 Å². The molecule has 2 fully saturated rings. The SMILES string of the molecule is CC(C)C1CCC(OCC2C(c3ncn[nH]3)CCCN2C(N)=O)CC1. The van der Waals surface area contributed by atoms with E-state index in [-0.39, 0.29) is 18.0 Å². The Morgan fingerprint density at radius 1 is 1.36 bits per heavy atom. The highest BCUT2D eigenvalue weighted by Crippen LogP contribution is 2.34. The number of aromatic amines is 1. The molecule has 0 spiro atoms. The van der Waals surface area contributed by atoms with E-state index in [0.717, 1.165) is 43.3 Å². The lowest BCUT2D eigenvalue weighted by Gasteiger charge is -2.40. The maximum atomic E-state index is 11.9. The second kappa shape index (κ2) is 8.17. The lowest BCUT2D eigenvalue weighted by atomic mass is 9.80. The predicted octanol–water partition coefficient (Wildman–Crippen LogP) is 2.66. The van der Waals surface area contributed by atoms with Gasteiger partial charge < -0.3 is 15.4 Å². The van der Waals surface area contributed by atoms with Crippen molar-refractivity contribution < 1.29 is 9.53 Å². The summed E-state index contributed by atoms with van der Waals surface area (Å²) in [5, 5.41) is 6.92. The van der Waals surface area contributed by atoms with Gasteiger partial charge in [0.2, 0.25) is 0 Å². The number of urea groups is 1. The van der Waals surface area contributed by atoms with Crippen molar-refractivity contribution in [1.29, 1.82) is 0 Å². The minimum atomic E-state index is -0.374. The van der Waals surface area contributed by atoms with Gasteiger partial charge in [-0.2, -0.15) is 5.10 Å². The number of hydrogen-bond donors (Lipinski definition) is 2. The minimum Gasteiger partial charge on any atom is -0.376 e. The molecule has 1 aliphatic carbocycles. The first-order chi connectivity index (χ1) is 12.1. The molecule has 2 aliphatic rings. The number of piperidine rings is 1. The van der Waals surface area contributed by atoms with Gasteiger partial charge in [0, 0.05) is 12.5 Å². The van der Waals surface area contributed by atoms with Gasteiger partial charge in [0.1, 0.15) is 12.2 Å². The molecule has 7 nitrogen and oxygen atoms in total. The Bertz CT molecular complexity index is 540. The molecule has 1 aromatic rings. The molecule has 1 aliphatic heterocycles. The Morgan fingerprint density at radius 2 is 2.12 bits per heavy atom. The second-order valence-electron chi connectivity index (χ2n) is 7.83. The number of aromatic nitrogens is 3. The number of nitrogens with two attached hydrogens (primary N) is 1. The first-order valence-electron chi connectivity index (χ1n) is 9.59. The first-order valence-corrected chi connectivity index (χ1v) is 9.59. The van der Waals surface area contributed by atoms with Gasteiger partial charge in [0.25, 0.3) is 0 Å². The number of carbonyl (C=O) groups is 1. The highest BCUT2D eigenvalue weighted by molar-refractivity contribution is 5.72. The zero-order valence-electron chi connectivity index (χ0n) is 15.4. The summed E-state index contributed by atoms with van der Waals surface area (Å²) in [6, 6.07) is -0.441. The molecule has 0 bridgehead atoms. The maximum Gasteiger partial charge on any atom is 0.315 e. The normalized spacial score (nSPS) is 30.6. The Hall–Kier alpha value is -1.63. The molecule has 2 amide bonds. The van der Waals surface area contributed by atoms with Crippen molar-refractivity contribution in [2.24, 2.45) is 17.6 Å². The largest absolute Gasteiger partial charge is 0.376 e. The van der Waals surface area contributed by atoms with Crippen molar-refractivity contribution in [3.63, 3.8) is 0 Å². The summed E-state index contributed by atoms with van der Waals surface area (Å²) in [5.41, 5.74) is 5.62. The number of amides is 2. The van der Waals surface area contributed by atoms with Gasteiger partial charge in [-0.15, -0.1) is 0 Å². The smallest absolute Gasteiger partial charge is 0.315 e. The number of nitrogens with zero attached hydrogens (tertiary/aromatic N) is 3. The van der Waals surface area contributed by atoms with Crippen LogP contribution in [0.3, 0.4) is 0 Å². The number of ether oxygens (including phenoxy) is 1. The fraction of sp³-hybridized carbons (Fsp3) is 0.833. The van der Waals surface area contributed by atoms with Crippen LogP contribution >= 0.6 is 0 Å². The molecule has 3 N–H and O–H groups in total. The van der Waals surface area contributed by atoms with Crippen LogP contribution in [-0.2, 0) is 4.74 Å². The number of carbonyl (C=O) groups excluding carboxylic acids is 1. The van der Waals surface area contributed by atoms with E-state index in [1.54, 1.807) is 4.90 Å². The van der Waals surface area contributed by atoms with E-state index < -0.39 is 0 Å². The molecule has 1 aromatic heterocycles. The second-order valence-corrected chi connectivity index (χ2v) is 7.83. The average Bonchev–Trinajstić information content (AvgIpc) is 3.14. The average molecular weight is 349 g/mol. The molecule has 25 heavy (non-hydrogen) atoms. The molecule has 1 saturated heterocycles. The summed E-state index contributed by atoms with van der Waals surface area (Å²) >= 11 is 0. The highest BCUT2D eigenvalue weighted by atomic mass is 16.5. The van der Waals surface area contributed by atoms with Gasteiger partial charge in [-0.25, -0.2) is 9.78 Å². The zero-order valence-corrected chi connectivity index (χ0v) is 15.4. The molecular formula is C18H31N5O2. The Labute approximate surface area is 149 Å². The van der Waals surface area contributed by atoms with Gasteiger partial charge in [-0.3, -0.25) is 5.10 Å². The topological polar surface area (TPSA) is 97.1 Å². The number of nitrogens with one attached hydrogen (secondary N) is 1. The van der Waals surface area contributed by atoms with E-state index in [2.05, 4.69) is 29.0 Å². The van der Waals surface area contributed by atoms with Crippen LogP contribution in [0.2, 0.25) is 0 Å². The number of likely N-dealkylation sites (tertiary alicyclic amines) is 1. The van der Waals surface area contributed by atoms with Gasteiger partial charge in [0.15, 0.2) is 0 Å². The Balaban J connectivity index is 1.61. The number of rotatable bonds is 5. The summed E-state index contributed by atoms with van der Waals surface area (Å²) in [6.45, 7) is 5.82. The van der Waals surface area contributed by atoms with E-state index in [9.17, 15) is 4.79 Å². The van der Waals surface area contributed by atoms with E-state index in [0.29, 0.717) is 19.3 Å². The molecule has 0 radical (unpaired) electrons. The van der Waals surface area contributed by atoms with Crippen LogP contribution in [0.15, 0.2) is 6.33 Å². The van der Waals surface area contributed by atoms with Gasteiger partial charge >= 0.3 is 6.03 Å². The van der Waals surface area contributed by atoms with Crippen LogP contribution in [0.1, 0.15) is 64.1 Å². The van der Waals surface area contributed by atoms with Crippen molar-refractivity contribution in [3.8, 4) is 0 Å².